The van der Waals surface area contributed by atoms with E-state index in [2.05, 4.69) is 9.97 Å². The third-order valence-electron chi connectivity index (χ3n) is 5.26. The van der Waals surface area contributed by atoms with Gasteiger partial charge in [0, 0.05) is 13.1 Å². The number of aromatic nitrogens is 4. The van der Waals surface area contributed by atoms with Gasteiger partial charge < -0.3 is 18.8 Å². The normalized spacial score (nSPS) is 12.8. The zero-order chi connectivity index (χ0) is 22.7. The van der Waals surface area contributed by atoms with Crippen molar-refractivity contribution in [1.29, 1.82) is 0 Å². The van der Waals surface area contributed by atoms with E-state index in [4.69, 9.17) is 14.2 Å². The SMILES string of the molecule is CCCCn1c(=O)[nH]c(=O)c2c1nc(COC(=O)c1ccc3c(c1)OCCO3)n2CCC. The highest BCUT2D eigenvalue weighted by Gasteiger charge is 2.20. The standard InChI is InChI=1S/C22H26N4O6/c1-3-5-9-26-19-18(20(27)24-22(26)29)25(8-4-2)17(23-19)13-32-21(28)14-6-7-15-16(12-14)31-11-10-30-15/h6-7,12H,3-5,8-11,13H2,1-2H3,(H,24,27,29). The number of aromatic amines is 1. The molecule has 0 bridgehead atoms. The Hall–Kier alpha value is -3.56. The summed E-state index contributed by atoms with van der Waals surface area (Å²) in [7, 11) is 0. The summed E-state index contributed by atoms with van der Waals surface area (Å²) in [6.45, 7) is 5.69. The molecule has 32 heavy (non-hydrogen) atoms. The summed E-state index contributed by atoms with van der Waals surface area (Å²) in [6, 6.07) is 4.86. The van der Waals surface area contributed by atoms with Gasteiger partial charge in [0.25, 0.3) is 5.56 Å². The summed E-state index contributed by atoms with van der Waals surface area (Å²) in [5, 5.41) is 0. The van der Waals surface area contributed by atoms with Crippen molar-refractivity contribution in [1.82, 2.24) is 19.1 Å². The third kappa shape index (κ3) is 4.12. The molecule has 1 aliphatic heterocycles. The van der Waals surface area contributed by atoms with E-state index in [-0.39, 0.29) is 6.61 Å². The van der Waals surface area contributed by atoms with Crippen LogP contribution in [0.3, 0.4) is 0 Å². The van der Waals surface area contributed by atoms with E-state index in [1.807, 2.05) is 13.8 Å². The molecule has 0 amide bonds. The Labute approximate surface area is 183 Å². The van der Waals surface area contributed by atoms with Crippen LogP contribution in [0, 0.1) is 0 Å². The van der Waals surface area contributed by atoms with Crippen molar-refractivity contribution in [3.63, 3.8) is 0 Å². The molecule has 1 N–H and O–H groups in total. The number of hydrogen-bond donors (Lipinski definition) is 1. The molecule has 1 aliphatic rings. The summed E-state index contributed by atoms with van der Waals surface area (Å²) >= 11 is 0. The van der Waals surface area contributed by atoms with Crippen molar-refractivity contribution < 1.29 is 19.0 Å². The van der Waals surface area contributed by atoms with Crippen LogP contribution >= 0.6 is 0 Å². The third-order valence-corrected chi connectivity index (χ3v) is 5.26. The minimum absolute atomic E-state index is 0.136. The Bertz CT molecular complexity index is 1260. The van der Waals surface area contributed by atoms with Gasteiger partial charge in [-0.3, -0.25) is 14.3 Å². The average Bonchev–Trinajstić information content (AvgIpc) is 3.15. The maximum absolute atomic E-state index is 12.6. The number of esters is 1. The van der Waals surface area contributed by atoms with Gasteiger partial charge in [-0.25, -0.2) is 14.6 Å². The lowest BCUT2D eigenvalue weighted by Gasteiger charge is -2.18. The fraction of sp³-hybridized carbons (Fsp3) is 0.455. The number of benzene rings is 1. The molecule has 2 aromatic heterocycles. The van der Waals surface area contributed by atoms with Crippen molar-refractivity contribution in [2.45, 2.75) is 52.8 Å². The number of nitrogens with one attached hydrogen (secondary N) is 1. The number of ether oxygens (including phenoxy) is 3. The molecule has 0 saturated carbocycles. The molecule has 0 unspecified atom stereocenters. The predicted octanol–water partition coefficient (Wildman–Crippen LogP) is 2.22. The van der Waals surface area contributed by atoms with Crippen LogP contribution in [0.25, 0.3) is 11.2 Å². The van der Waals surface area contributed by atoms with E-state index in [1.165, 1.54) is 4.57 Å². The predicted molar refractivity (Wildman–Crippen MR) is 116 cm³/mol. The molecule has 4 rings (SSSR count). The van der Waals surface area contributed by atoms with E-state index in [1.54, 1.807) is 22.8 Å². The smallest absolute Gasteiger partial charge is 0.338 e. The number of aryl methyl sites for hydroxylation is 2. The first kappa shape index (κ1) is 21.7. The number of carbonyl (C=O) groups is 1. The molecule has 0 fully saturated rings. The molecule has 170 valence electrons. The average molecular weight is 442 g/mol. The maximum Gasteiger partial charge on any atom is 0.338 e. The van der Waals surface area contributed by atoms with Gasteiger partial charge in [0.05, 0.1) is 5.56 Å². The number of nitrogens with zero attached hydrogens (tertiary/aromatic N) is 3. The lowest BCUT2D eigenvalue weighted by molar-refractivity contribution is 0.0457. The number of hydrogen-bond acceptors (Lipinski definition) is 7. The minimum Gasteiger partial charge on any atom is -0.486 e. The zero-order valence-corrected chi connectivity index (χ0v) is 18.2. The maximum atomic E-state index is 12.6. The lowest BCUT2D eigenvalue weighted by atomic mass is 10.2. The van der Waals surface area contributed by atoms with Crippen LogP contribution in [-0.2, 0) is 24.4 Å². The highest BCUT2D eigenvalue weighted by atomic mass is 16.6. The van der Waals surface area contributed by atoms with Crippen molar-refractivity contribution in [3.05, 3.63) is 50.4 Å². The molecule has 1 aromatic carbocycles. The van der Waals surface area contributed by atoms with Crippen LogP contribution in [0.15, 0.2) is 27.8 Å². The van der Waals surface area contributed by atoms with Gasteiger partial charge in [-0.15, -0.1) is 0 Å². The second kappa shape index (κ2) is 9.29. The summed E-state index contributed by atoms with van der Waals surface area (Å²) in [5.74, 6) is 0.945. The Morgan fingerprint density at radius 1 is 1.09 bits per heavy atom. The second-order valence-electron chi connectivity index (χ2n) is 7.55. The monoisotopic (exact) mass is 442 g/mol. The number of unbranched alkanes of at least 4 members (excludes halogenated alkanes) is 1. The molecule has 0 radical (unpaired) electrons. The van der Waals surface area contributed by atoms with Gasteiger partial charge in [0.2, 0.25) is 0 Å². The summed E-state index contributed by atoms with van der Waals surface area (Å²) in [4.78, 5) is 44.5. The van der Waals surface area contributed by atoms with E-state index >= 15 is 0 Å². The van der Waals surface area contributed by atoms with Gasteiger partial charge in [0.1, 0.15) is 25.6 Å². The lowest BCUT2D eigenvalue weighted by Crippen LogP contribution is -2.31. The van der Waals surface area contributed by atoms with E-state index < -0.39 is 17.2 Å². The fourth-order valence-electron chi connectivity index (χ4n) is 3.70. The molecule has 0 spiro atoms. The fourth-order valence-corrected chi connectivity index (χ4v) is 3.70. The molecule has 3 aromatic rings. The molecular formula is C22H26N4O6. The van der Waals surface area contributed by atoms with E-state index in [0.717, 1.165) is 19.3 Å². The molecule has 10 heteroatoms. The van der Waals surface area contributed by atoms with Gasteiger partial charge in [-0.2, -0.15) is 0 Å². The first-order chi connectivity index (χ1) is 15.5. The van der Waals surface area contributed by atoms with Gasteiger partial charge >= 0.3 is 11.7 Å². The summed E-state index contributed by atoms with van der Waals surface area (Å²) < 4.78 is 19.7. The first-order valence-corrected chi connectivity index (χ1v) is 10.8. The van der Waals surface area contributed by atoms with Gasteiger partial charge in [-0.1, -0.05) is 20.3 Å². The van der Waals surface area contributed by atoms with Crippen LogP contribution in [0.2, 0.25) is 0 Å². The number of imidazole rings is 1. The van der Waals surface area contributed by atoms with Crippen LogP contribution in [-0.4, -0.2) is 38.3 Å². The molecule has 0 atom stereocenters. The summed E-state index contributed by atoms with van der Waals surface area (Å²) in [5.41, 5.74) is -0.0379. The zero-order valence-electron chi connectivity index (χ0n) is 18.2. The summed E-state index contributed by atoms with van der Waals surface area (Å²) in [6.07, 6.45) is 2.40. The van der Waals surface area contributed by atoms with Crippen molar-refractivity contribution >= 4 is 17.1 Å². The molecule has 0 aliphatic carbocycles. The second-order valence-corrected chi connectivity index (χ2v) is 7.55. The molecule has 3 heterocycles. The van der Waals surface area contributed by atoms with Crippen molar-refractivity contribution in [3.8, 4) is 11.5 Å². The van der Waals surface area contributed by atoms with E-state index in [9.17, 15) is 14.4 Å². The Balaban J connectivity index is 1.64. The minimum atomic E-state index is -0.547. The van der Waals surface area contributed by atoms with Crippen molar-refractivity contribution in [2.75, 3.05) is 13.2 Å². The Kier molecular flexibility index (Phi) is 6.29. The topological polar surface area (TPSA) is 117 Å². The van der Waals surface area contributed by atoms with Crippen LogP contribution in [0.1, 0.15) is 49.3 Å². The number of H-pyrrole nitrogens is 1. The Morgan fingerprint density at radius 3 is 2.62 bits per heavy atom. The van der Waals surface area contributed by atoms with Gasteiger partial charge in [0.15, 0.2) is 22.7 Å². The van der Waals surface area contributed by atoms with Crippen LogP contribution in [0.4, 0.5) is 0 Å². The Morgan fingerprint density at radius 2 is 1.88 bits per heavy atom. The molecular weight excluding hydrogens is 416 g/mol. The number of rotatable bonds is 8. The molecule has 10 nitrogen and oxygen atoms in total. The number of carbonyl (C=O) groups excluding carboxylic acids is 1. The highest BCUT2D eigenvalue weighted by Crippen LogP contribution is 2.31. The highest BCUT2D eigenvalue weighted by molar-refractivity contribution is 5.90. The first-order valence-electron chi connectivity index (χ1n) is 10.8. The molecule has 0 saturated heterocycles. The van der Waals surface area contributed by atoms with Crippen LogP contribution in [0.5, 0.6) is 11.5 Å². The van der Waals surface area contributed by atoms with Crippen molar-refractivity contribution in [2.24, 2.45) is 0 Å². The van der Waals surface area contributed by atoms with E-state index in [0.29, 0.717) is 60.4 Å². The van der Waals surface area contributed by atoms with Crippen LogP contribution < -0.4 is 20.7 Å². The quantitative estimate of drug-likeness (QED) is 0.532. The number of fused-ring (bicyclic) bond motifs is 2. The largest absolute Gasteiger partial charge is 0.486 e. The van der Waals surface area contributed by atoms with Gasteiger partial charge in [-0.05, 0) is 31.0 Å².